The maximum Gasteiger partial charge on any atom is 0.325 e. The first kappa shape index (κ1) is 15.4. The number of hydrogen-bond donors (Lipinski definition) is 1. The van der Waals surface area contributed by atoms with Crippen LogP contribution in [0.15, 0.2) is 0 Å². The van der Waals surface area contributed by atoms with E-state index in [1.54, 1.807) is 13.8 Å². The molecule has 0 amide bonds. The van der Waals surface area contributed by atoms with Gasteiger partial charge in [0.15, 0.2) is 0 Å². The summed E-state index contributed by atoms with van der Waals surface area (Å²) in [4.78, 5) is 13.8. The first-order valence-electron chi connectivity index (χ1n) is 6.72. The van der Waals surface area contributed by atoms with E-state index in [2.05, 4.69) is 4.90 Å². The third-order valence-corrected chi connectivity index (χ3v) is 3.29. The SMILES string of the molecule is CCOC(=O)C(C)(N)CCN(C)CC1CCCO1. The standard InChI is InChI=1S/C13H26N2O3/c1-4-17-12(16)13(2,14)7-8-15(3)10-11-6-5-9-18-11/h11H,4-10,14H2,1-3H3. The van der Waals surface area contributed by atoms with Gasteiger partial charge in [0.2, 0.25) is 0 Å². The van der Waals surface area contributed by atoms with Gasteiger partial charge >= 0.3 is 5.97 Å². The summed E-state index contributed by atoms with van der Waals surface area (Å²) in [6.45, 7) is 6.43. The van der Waals surface area contributed by atoms with Crippen molar-refractivity contribution in [2.75, 3.05) is 33.4 Å². The van der Waals surface area contributed by atoms with Gasteiger partial charge in [0.05, 0.1) is 12.7 Å². The van der Waals surface area contributed by atoms with Crippen LogP contribution in [0.25, 0.3) is 0 Å². The summed E-state index contributed by atoms with van der Waals surface area (Å²) in [5.41, 5.74) is 5.07. The van der Waals surface area contributed by atoms with Crippen LogP contribution in [0.3, 0.4) is 0 Å². The van der Waals surface area contributed by atoms with E-state index in [1.165, 1.54) is 0 Å². The van der Waals surface area contributed by atoms with E-state index in [1.807, 2.05) is 7.05 Å². The molecule has 2 unspecified atom stereocenters. The molecule has 1 aliphatic rings. The molecule has 2 atom stereocenters. The Bertz CT molecular complexity index is 263. The zero-order valence-electron chi connectivity index (χ0n) is 11.8. The van der Waals surface area contributed by atoms with Crippen molar-refractivity contribution in [3.63, 3.8) is 0 Å². The fourth-order valence-electron chi connectivity index (χ4n) is 2.05. The monoisotopic (exact) mass is 258 g/mol. The fourth-order valence-corrected chi connectivity index (χ4v) is 2.05. The molecule has 1 heterocycles. The number of likely N-dealkylation sites (N-methyl/N-ethyl adjacent to an activating group) is 1. The molecule has 0 saturated carbocycles. The predicted molar refractivity (Wildman–Crippen MR) is 70.3 cm³/mol. The van der Waals surface area contributed by atoms with Crippen LogP contribution in [0, 0.1) is 0 Å². The lowest BCUT2D eigenvalue weighted by atomic mass is 9.99. The fraction of sp³-hybridized carbons (Fsp3) is 0.923. The van der Waals surface area contributed by atoms with Crippen LogP contribution in [0.4, 0.5) is 0 Å². The Hall–Kier alpha value is -0.650. The maximum absolute atomic E-state index is 11.6. The van der Waals surface area contributed by atoms with E-state index in [-0.39, 0.29) is 5.97 Å². The molecule has 106 valence electrons. The number of hydrogen-bond acceptors (Lipinski definition) is 5. The van der Waals surface area contributed by atoms with Gasteiger partial charge in [-0.25, -0.2) is 0 Å². The topological polar surface area (TPSA) is 64.8 Å². The molecule has 0 aromatic carbocycles. The summed E-state index contributed by atoms with van der Waals surface area (Å²) < 4.78 is 10.5. The molecule has 0 spiro atoms. The highest BCUT2D eigenvalue weighted by Gasteiger charge is 2.30. The highest BCUT2D eigenvalue weighted by Crippen LogP contribution is 2.14. The molecule has 0 radical (unpaired) electrons. The number of carbonyl (C=O) groups excluding carboxylic acids is 1. The maximum atomic E-state index is 11.6. The first-order valence-corrected chi connectivity index (χ1v) is 6.72. The molecular formula is C13H26N2O3. The van der Waals surface area contributed by atoms with Crippen LogP contribution in [-0.2, 0) is 14.3 Å². The Balaban J connectivity index is 2.27. The number of nitrogens with zero attached hydrogens (tertiary/aromatic N) is 1. The van der Waals surface area contributed by atoms with Crippen molar-refractivity contribution in [3.05, 3.63) is 0 Å². The predicted octanol–water partition coefficient (Wildman–Crippen LogP) is 0.768. The molecule has 18 heavy (non-hydrogen) atoms. The number of ether oxygens (including phenoxy) is 2. The van der Waals surface area contributed by atoms with Gasteiger partial charge in [0.25, 0.3) is 0 Å². The zero-order chi connectivity index (χ0) is 13.6. The molecule has 5 nitrogen and oxygen atoms in total. The average molecular weight is 258 g/mol. The Kier molecular flexibility index (Phi) is 6.05. The molecule has 0 aromatic heterocycles. The number of nitrogens with two attached hydrogens (primary N) is 1. The van der Waals surface area contributed by atoms with Crippen LogP contribution < -0.4 is 5.73 Å². The van der Waals surface area contributed by atoms with Gasteiger partial charge in [-0.3, -0.25) is 4.79 Å². The van der Waals surface area contributed by atoms with Crippen molar-refractivity contribution >= 4 is 5.97 Å². The van der Waals surface area contributed by atoms with Crippen LogP contribution in [0.1, 0.15) is 33.1 Å². The average Bonchev–Trinajstić information content (AvgIpc) is 2.79. The van der Waals surface area contributed by atoms with E-state index in [4.69, 9.17) is 15.2 Å². The third kappa shape index (κ3) is 4.92. The van der Waals surface area contributed by atoms with E-state index < -0.39 is 5.54 Å². The normalized spacial score (nSPS) is 23.1. The third-order valence-electron chi connectivity index (χ3n) is 3.29. The Morgan fingerprint density at radius 2 is 2.33 bits per heavy atom. The minimum Gasteiger partial charge on any atom is -0.465 e. The second-order valence-electron chi connectivity index (χ2n) is 5.29. The highest BCUT2D eigenvalue weighted by atomic mass is 16.5. The van der Waals surface area contributed by atoms with Gasteiger partial charge < -0.3 is 20.1 Å². The lowest BCUT2D eigenvalue weighted by Gasteiger charge is -2.26. The Morgan fingerprint density at radius 1 is 1.61 bits per heavy atom. The lowest BCUT2D eigenvalue weighted by molar-refractivity contribution is -0.149. The van der Waals surface area contributed by atoms with E-state index in [0.29, 0.717) is 19.1 Å². The second kappa shape index (κ2) is 7.07. The van der Waals surface area contributed by atoms with E-state index >= 15 is 0 Å². The first-order chi connectivity index (χ1) is 8.45. The van der Waals surface area contributed by atoms with Gasteiger partial charge in [0, 0.05) is 19.7 Å². The zero-order valence-corrected chi connectivity index (χ0v) is 11.8. The summed E-state index contributed by atoms with van der Waals surface area (Å²) in [5, 5.41) is 0. The molecule has 0 aliphatic carbocycles. The minimum atomic E-state index is -0.902. The van der Waals surface area contributed by atoms with Crippen molar-refractivity contribution in [1.82, 2.24) is 4.90 Å². The summed E-state index contributed by atoms with van der Waals surface area (Å²) >= 11 is 0. The molecule has 1 fully saturated rings. The highest BCUT2D eigenvalue weighted by molar-refractivity contribution is 5.79. The molecule has 1 rings (SSSR count). The smallest absolute Gasteiger partial charge is 0.325 e. The van der Waals surface area contributed by atoms with Crippen molar-refractivity contribution in [3.8, 4) is 0 Å². The minimum absolute atomic E-state index is 0.324. The number of rotatable bonds is 7. The van der Waals surface area contributed by atoms with Gasteiger partial charge in [0.1, 0.15) is 5.54 Å². The van der Waals surface area contributed by atoms with Crippen LogP contribution >= 0.6 is 0 Å². The van der Waals surface area contributed by atoms with Crippen molar-refractivity contribution in [1.29, 1.82) is 0 Å². The van der Waals surface area contributed by atoms with E-state index in [9.17, 15) is 4.79 Å². The Morgan fingerprint density at radius 3 is 2.89 bits per heavy atom. The molecule has 0 bridgehead atoms. The van der Waals surface area contributed by atoms with Gasteiger partial charge in [-0.2, -0.15) is 0 Å². The number of esters is 1. The van der Waals surface area contributed by atoms with Crippen LogP contribution in [0.5, 0.6) is 0 Å². The number of carbonyl (C=O) groups is 1. The van der Waals surface area contributed by atoms with Crippen molar-refractivity contribution in [2.45, 2.75) is 44.8 Å². The van der Waals surface area contributed by atoms with Crippen molar-refractivity contribution in [2.24, 2.45) is 5.73 Å². The van der Waals surface area contributed by atoms with Gasteiger partial charge in [-0.15, -0.1) is 0 Å². The molecule has 2 N–H and O–H groups in total. The van der Waals surface area contributed by atoms with Crippen molar-refractivity contribution < 1.29 is 14.3 Å². The quantitative estimate of drug-likeness (QED) is 0.683. The molecule has 1 aliphatic heterocycles. The Labute approximate surface area is 110 Å². The summed E-state index contributed by atoms with van der Waals surface area (Å²) in [5.74, 6) is -0.324. The summed E-state index contributed by atoms with van der Waals surface area (Å²) in [6, 6.07) is 0. The van der Waals surface area contributed by atoms with Crippen LogP contribution in [-0.4, -0.2) is 55.9 Å². The summed E-state index contributed by atoms with van der Waals surface area (Å²) in [6.07, 6.45) is 3.20. The van der Waals surface area contributed by atoms with Gasteiger partial charge in [-0.05, 0) is 40.2 Å². The van der Waals surface area contributed by atoms with Gasteiger partial charge in [-0.1, -0.05) is 0 Å². The largest absolute Gasteiger partial charge is 0.465 e. The molecular weight excluding hydrogens is 232 g/mol. The van der Waals surface area contributed by atoms with Crippen LogP contribution in [0.2, 0.25) is 0 Å². The molecule has 0 aromatic rings. The van der Waals surface area contributed by atoms with E-state index in [0.717, 1.165) is 32.5 Å². The lowest BCUT2D eigenvalue weighted by Crippen LogP contribution is -2.48. The molecule has 1 saturated heterocycles. The molecule has 5 heteroatoms. The summed E-state index contributed by atoms with van der Waals surface area (Å²) in [7, 11) is 2.03. The second-order valence-corrected chi connectivity index (χ2v) is 5.29.